The molecule has 0 aliphatic carbocycles. The minimum atomic E-state index is -3.48. The highest BCUT2D eigenvalue weighted by Gasteiger charge is 2.37. The monoisotopic (exact) mass is 263 g/mol. The van der Waals surface area contributed by atoms with Crippen LogP contribution in [0.1, 0.15) is 6.92 Å². The predicted octanol–water partition coefficient (Wildman–Crippen LogP) is 1.13. The zero-order valence-electron chi connectivity index (χ0n) is 8.63. The Balaban J connectivity index is 2.48. The van der Waals surface area contributed by atoms with Gasteiger partial charge in [0.15, 0.2) is 0 Å². The second-order valence-electron chi connectivity index (χ2n) is 2.82. The average molecular weight is 263 g/mol. The summed E-state index contributed by atoms with van der Waals surface area (Å²) >= 11 is 1.28. The second-order valence-corrected chi connectivity index (χ2v) is 5.49. The summed E-state index contributed by atoms with van der Waals surface area (Å²) in [7, 11) is -3.48. The average Bonchev–Trinajstić information content (AvgIpc) is 2.61. The first-order valence-electron chi connectivity index (χ1n) is 4.45. The fourth-order valence-electron chi connectivity index (χ4n) is 1.20. The van der Waals surface area contributed by atoms with Crippen LogP contribution in [0.15, 0.2) is 5.16 Å². The van der Waals surface area contributed by atoms with Crippen molar-refractivity contribution in [2.75, 3.05) is 18.2 Å². The number of carbonyl (C=O) groups is 1. The summed E-state index contributed by atoms with van der Waals surface area (Å²) in [6, 6.07) is -0.607. The molecule has 2 heterocycles. The van der Waals surface area contributed by atoms with E-state index in [4.69, 9.17) is 4.52 Å². The maximum atomic E-state index is 12.3. The van der Waals surface area contributed by atoms with Gasteiger partial charge in [0.1, 0.15) is 0 Å². The number of anilines is 1. The summed E-state index contributed by atoms with van der Waals surface area (Å²) < 4.78 is 18.4. The van der Waals surface area contributed by atoms with Crippen molar-refractivity contribution < 1.29 is 13.9 Å². The van der Waals surface area contributed by atoms with E-state index in [2.05, 4.69) is 20.5 Å². The quantitative estimate of drug-likeness (QED) is 0.626. The molecule has 2 rings (SSSR count). The van der Waals surface area contributed by atoms with E-state index in [1.54, 1.807) is 13.2 Å². The van der Waals surface area contributed by atoms with Crippen molar-refractivity contribution in [3.05, 3.63) is 0 Å². The summed E-state index contributed by atoms with van der Waals surface area (Å²) in [5.41, 5.74) is 0. The van der Waals surface area contributed by atoms with Crippen molar-refractivity contribution in [1.29, 1.82) is 0 Å². The zero-order chi connectivity index (χ0) is 11.8. The number of carbonyl (C=O) groups excluding carboxylic acids is 1. The van der Waals surface area contributed by atoms with Crippen LogP contribution in [-0.2, 0) is 9.09 Å². The smallest absolute Gasteiger partial charge is 0.296 e. The van der Waals surface area contributed by atoms with Gasteiger partial charge in [-0.2, -0.15) is 4.98 Å². The Kier molecular flexibility index (Phi) is 2.92. The van der Waals surface area contributed by atoms with Gasteiger partial charge in [0.2, 0.25) is 11.1 Å². The zero-order valence-corrected chi connectivity index (χ0v) is 10.3. The number of aromatic nitrogens is 3. The van der Waals surface area contributed by atoms with Gasteiger partial charge in [-0.05, 0) is 13.2 Å². The summed E-state index contributed by atoms with van der Waals surface area (Å²) in [5.74, 6) is 0.130. The van der Waals surface area contributed by atoms with Crippen molar-refractivity contribution in [1.82, 2.24) is 19.6 Å². The molecular weight excluding hydrogens is 253 g/mol. The molecule has 0 radical (unpaired) electrons. The van der Waals surface area contributed by atoms with Crippen molar-refractivity contribution in [3.8, 4) is 0 Å². The molecule has 10 heteroatoms. The molecule has 0 aromatic carbocycles. The summed E-state index contributed by atoms with van der Waals surface area (Å²) in [4.78, 5) is 15.2. The minimum absolute atomic E-state index is 0.130. The Labute approximate surface area is 95.7 Å². The van der Waals surface area contributed by atoms with Gasteiger partial charge in [-0.25, -0.2) is 14.4 Å². The minimum Gasteiger partial charge on any atom is -0.296 e. The Morgan fingerprint density at radius 2 is 2.38 bits per heavy atom. The molecule has 2 N–H and O–H groups in total. The number of rotatable bonds is 3. The highest BCUT2D eigenvalue weighted by atomic mass is 32.2. The molecule has 88 valence electrons. The lowest BCUT2D eigenvalue weighted by Crippen LogP contribution is -2.36. The molecule has 0 saturated carbocycles. The van der Waals surface area contributed by atoms with Gasteiger partial charge in [-0.15, -0.1) is 9.55 Å². The first-order valence-corrected chi connectivity index (χ1v) is 7.25. The normalized spacial score (nSPS) is 23.5. The molecule has 1 aromatic rings. The molecular formula is C6H10N5O3PS. The van der Waals surface area contributed by atoms with Crippen LogP contribution in [0.2, 0.25) is 0 Å². The fourth-order valence-corrected chi connectivity index (χ4v) is 3.08. The summed E-state index contributed by atoms with van der Waals surface area (Å²) in [6.45, 7) is 1.88. The van der Waals surface area contributed by atoms with Gasteiger partial charge < -0.3 is 0 Å². The number of nitrogens with zero attached hydrogens (tertiary/aromatic N) is 3. The molecule has 0 spiro atoms. The molecule has 8 nitrogen and oxygen atoms in total. The van der Waals surface area contributed by atoms with Gasteiger partial charge in [0.25, 0.3) is 0 Å². The van der Waals surface area contributed by atoms with Crippen molar-refractivity contribution in [2.24, 2.45) is 0 Å². The third kappa shape index (κ3) is 1.81. The Bertz CT molecular complexity index is 475. The number of amides is 2. The molecule has 0 bridgehead atoms. The first-order chi connectivity index (χ1) is 7.59. The molecule has 0 fully saturated rings. The molecule has 1 aromatic heterocycles. The molecule has 1 unspecified atom stereocenters. The second kappa shape index (κ2) is 4.08. The number of nitrogens with one attached hydrogen (secondary N) is 2. The van der Waals surface area contributed by atoms with E-state index in [-0.39, 0.29) is 12.6 Å². The largest absolute Gasteiger partial charge is 0.420 e. The van der Waals surface area contributed by atoms with Crippen LogP contribution in [0.3, 0.4) is 0 Å². The SMILES string of the molecule is CCOP1(=O)NC(=O)Nc2nc(SC)nn21. The van der Waals surface area contributed by atoms with Crippen molar-refractivity contribution in [2.45, 2.75) is 12.1 Å². The standard InChI is InChI=1S/C6H10N5O3PS/c1-3-14-15(13)10-5(12)7-4-8-6(16-2)9-11(4)15/h3H2,1-2H3,(H2,7,8,9,10,12,13). The van der Waals surface area contributed by atoms with E-state index < -0.39 is 13.7 Å². The van der Waals surface area contributed by atoms with Crippen molar-refractivity contribution in [3.63, 3.8) is 0 Å². The maximum absolute atomic E-state index is 12.3. The molecule has 0 saturated heterocycles. The lowest BCUT2D eigenvalue weighted by Gasteiger charge is -2.23. The maximum Gasteiger partial charge on any atom is 0.420 e. The van der Waals surface area contributed by atoms with Crippen molar-refractivity contribution >= 4 is 31.4 Å². The van der Waals surface area contributed by atoms with Gasteiger partial charge in [-0.3, -0.25) is 9.84 Å². The lowest BCUT2D eigenvalue weighted by atomic mass is 10.9. The van der Waals surface area contributed by atoms with E-state index in [1.165, 1.54) is 11.8 Å². The fraction of sp³-hybridized carbons (Fsp3) is 0.500. The van der Waals surface area contributed by atoms with Crippen LogP contribution >= 0.6 is 19.4 Å². The topological polar surface area (TPSA) is 98.1 Å². The van der Waals surface area contributed by atoms with Crippen LogP contribution in [0, 0.1) is 0 Å². The highest BCUT2D eigenvalue weighted by molar-refractivity contribution is 7.98. The number of hydrogen-bond acceptors (Lipinski definition) is 6. The van der Waals surface area contributed by atoms with Gasteiger partial charge in [-0.1, -0.05) is 11.8 Å². The molecule has 2 amide bonds. The molecule has 1 aliphatic rings. The third-order valence-corrected chi connectivity index (χ3v) is 4.19. The van der Waals surface area contributed by atoms with E-state index in [0.29, 0.717) is 5.16 Å². The van der Waals surface area contributed by atoms with Crippen LogP contribution in [0.4, 0.5) is 10.7 Å². The van der Waals surface area contributed by atoms with Crippen LogP contribution in [-0.4, -0.2) is 33.4 Å². The number of hydrogen-bond donors (Lipinski definition) is 2. The number of urea groups is 1. The van der Waals surface area contributed by atoms with Crippen LogP contribution in [0.5, 0.6) is 0 Å². The van der Waals surface area contributed by atoms with Gasteiger partial charge in [0, 0.05) is 0 Å². The lowest BCUT2D eigenvalue weighted by molar-refractivity contribution is 0.250. The summed E-state index contributed by atoms with van der Waals surface area (Å²) in [5, 5.41) is 9.02. The highest BCUT2D eigenvalue weighted by Crippen LogP contribution is 2.47. The number of thioether (sulfide) groups is 1. The molecule has 1 aliphatic heterocycles. The van der Waals surface area contributed by atoms with Gasteiger partial charge >= 0.3 is 13.7 Å². The third-order valence-electron chi connectivity index (χ3n) is 1.78. The number of fused-ring (bicyclic) bond motifs is 1. The Hall–Kier alpha value is -1.05. The van der Waals surface area contributed by atoms with E-state index in [1.807, 2.05) is 0 Å². The van der Waals surface area contributed by atoms with Crippen LogP contribution in [0.25, 0.3) is 0 Å². The van der Waals surface area contributed by atoms with Crippen LogP contribution < -0.4 is 10.4 Å². The summed E-state index contributed by atoms with van der Waals surface area (Å²) in [6.07, 6.45) is 1.78. The van der Waals surface area contributed by atoms with E-state index >= 15 is 0 Å². The van der Waals surface area contributed by atoms with E-state index in [0.717, 1.165) is 4.45 Å². The predicted molar refractivity (Wildman–Crippen MR) is 58.6 cm³/mol. The van der Waals surface area contributed by atoms with E-state index in [9.17, 15) is 9.36 Å². The molecule has 1 atom stereocenters. The molecule has 16 heavy (non-hydrogen) atoms. The Morgan fingerprint density at radius 1 is 1.62 bits per heavy atom. The van der Waals surface area contributed by atoms with Gasteiger partial charge in [0.05, 0.1) is 6.61 Å². The Morgan fingerprint density at radius 3 is 3.00 bits per heavy atom. The first kappa shape index (κ1) is 11.4.